The molecule has 15 heavy (non-hydrogen) atoms. The van der Waals surface area contributed by atoms with Crippen LogP contribution in [0.3, 0.4) is 0 Å². The van der Waals surface area contributed by atoms with Crippen LogP contribution in [0.15, 0.2) is 0 Å². The van der Waals surface area contributed by atoms with E-state index < -0.39 is 0 Å². The van der Waals surface area contributed by atoms with E-state index in [1.165, 1.54) is 19.3 Å². The molecule has 2 nitrogen and oxygen atoms in total. The summed E-state index contributed by atoms with van der Waals surface area (Å²) in [5, 5.41) is 3.60. The van der Waals surface area contributed by atoms with E-state index in [1.54, 1.807) is 0 Å². The van der Waals surface area contributed by atoms with Crippen molar-refractivity contribution in [2.24, 2.45) is 11.8 Å². The van der Waals surface area contributed by atoms with Crippen LogP contribution >= 0.6 is 0 Å². The Hall–Kier alpha value is -0.0800. The van der Waals surface area contributed by atoms with Crippen LogP contribution in [0.2, 0.25) is 0 Å². The van der Waals surface area contributed by atoms with Crippen molar-refractivity contribution >= 4 is 0 Å². The Bertz CT molecular complexity index is 166. The van der Waals surface area contributed by atoms with E-state index in [0.717, 1.165) is 19.1 Å². The Balaban J connectivity index is 1.98. The van der Waals surface area contributed by atoms with Gasteiger partial charge in [0.1, 0.15) is 0 Å². The van der Waals surface area contributed by atoms with Gasteiger partial charge in [0.2, 0.25) is 0 Å². The van der Waals surface area contributed by atoms with Crippen molar-refractivity contribution < 1.29 is 4.74 Å². The van der Waals surface area contributed by atoms with Gasteiger partial charge in [-0.1, -0.05) is 26.7 Å². The second-order valence-electron chi connectivity index (χ2n) is 5.58. The predicted molar refractivity (Wildman–Crippen MR) is 65.1 cm³/mol. The summed E-state index contributed by atoms with van der Waals surface area (Å²) in [7, 11) is 0. The van der Waals surface area contributed by atoms with E-state index in [2.05, 4.69) is 33.0 Å². The van der Waals surface area contributed by atoms with Crippen LogP contribution in [0, 0.1) is 11.8 Å². The molecule has 1 N–H and O–H groups in total. The minimum Gasteiger partial charge on any atom is -0.380 e. The maximum Gasteiger partial charge on any atom is 0.0617 e. The lowest BCUT2D eigenvalue weighted by Gasteiger charge is -2.20. The molecule has 2 unspecified atom stereocenters. The Morgan fingerprint density at radius 3 is 2.27 bits per heavy atom. The highest BCUT2D eigenvalue weighted by molar-refractivity contribution is 4.79. The number of nitrogens with one attached hydrogen (secondary N) is 1. The molecular weight excluding hydrogens is 186 g/mol. The van der Waals surface area contributed by atoms with Crippen LogP contribution in [-0.2, 0) is 4.74 Å². The first kappa shape index (κ1) is 13.0. The molecule has 0 spiro atoms. The minimum atomic E-state index is 0.484. The summed E-state index contributed by atoms with van der Waals surface area (Å²) in [6, 6.07) is 1.13. The van der Waals surface area contributed by atoms with Crippen molar-refractivity contribution in [3.05, 3.63) is 0 Å². The molecule has 0 saturated heterocycles. The Morgan fingerprint density at radius 2 is 1.73 bits per heavy atom. The maximum absolute atomic E-state index is 5.62. The highest BCUT2D eigenvalue weighted by atomic mass is 16.5. The average Bonchev–Trinajstić information content (AvgIpc) is 2.86. The molecule has 90 valence electrons. The Kier molecular flexibility index (Phi) is 5.62. The summed E-state index contributed by atoms with van der Waals surface area (Å²) < 4.78 is 5.62. The third kappa shape index (κ3) is 6.91. The number of rotatable bonds is 8. The van der Waals surface area contributed by atoms with Crippen molar-refractivity contribution in [3.8, 4) is 0 Å². The lowest BCUT2D eigenvalue weighted by Crippen LogP contribution is -2.38. The molecule has 0 amide bonds. The molecule has 0 bridgehead atoms. The standard InChI is InChI=1S/C13H27NO/c1-10(2)8-15-9-12(4)14-11(3)7-13-5-6-13/h10-14H,5-9H2,1-4H3. The van der Waals surface area contributed by atoms with Gasteiger partial charge in [0.05, 0.1) is 6.61 Å². The molecule has 0 aromatic heterocycles. The van der Waals surface area contributed by atoms with Crippen molar-refractivity contribution in [2.75, 3.05) is 13.2 Å². The zero-order chi connectivity index (χ0) is 11.3. The molecule has 1 rings (SSSR count). The molecule has 0 aromatic rings. The van der Waals surface area contributed by atoms with Gasteiger partial charge in [-0.2, -0.15) is 0 Å². The lowest BCUT2D eigenvalue weighted by atomic mass is 10.1. The minimum absolute atomic E-state index is 0.484. The summed E-state index contributed by atoms with van der Waals surface area (Å²) in [4.78, 5) is 0. The third-order valence-corrected chi connectivity index (χ3v) is 2.77. The number of hydrogen-bond acceptors (Lipinski definition) is 2. The second-order valence-corrected chi connectivity index (χ2v) is 5.58. The first-order valence-electron chi connectivity index (χ1n) is 6.41. The topological polar surface area (TPSA) is 21.3 Å². The fraction of sp³-hybridized carbons (Fsp3) is 1.00. The van der Waals surface area contributed by atoms with Crippen molar-refractivity contribution in [2.45, 2.75) is 59.0 Å². The quantitative estimate of drug-likeness (QED) is 0.669. The summed E-state index contributed by atoms with van der Waals surface area (Å²) in [5.74, 6) is 1.65. The molecular formula is C13H27NO. The summed E-state index contributed by atoms with van der Waals surface area (Å²) >= 11 is 0. The Labute approximate surface area is 94.8 Å². The maximum atomic E-state index is 5.62. The number of ether oxygens (including phenoxy) is 1. The zero-order valence-corrected chi connectivity index (χ0v) is 10.8. The van der Waals surface area contributed by atoms with Crippen molar-refractivity contribution in [1.82, 2.24) is 5.32 Å². The van der Waals surface area contributed by atoms with Crippen molar-refractivity contribution in [1.29, 1.82) is 0 Å². The van der Waals surface area contributed by atoms with Crippen LogP contribution in [0.1, 0.15) is 47.0 Å². The first-order chi connectivity index (χ1) is 7.08. The van der Waals surface area contributed by atoms with E-state index >= 15 is 0 Å². The van der Waals surface area contributed by atoms with Gasteiger partial charge in [-0.05, 0) is 32.1 Å². The lowest BCUT2D eigenvalue weighted by molar-refractivity contribution is 0.0910. The molecule has 2 atom stereocenters. The highest BCUT2D eigenvalue weighted by Gasteiger charge is 2.23. The van der Waals surface area contributed by atoms with Gasteiger partial charge in [0.25, 0.3) is 0 Å². The molecule has 1 saturated carbocycles. The fourth-order valence-electron chi connectivity index (χ4n) is 1.94. The smallest absolute Gasteiger partial charge is 0.0617 e. The van der Waals surface area contributed by atoms with Gasteiger partial charge in [0, 0.05) is 18.7 Å². The second kappa shape index (κ2) is 6.49. The third-order valence-electron chi connectivity index (χ3n) is 2.77. The average molecular weight is 213 g/mol. The molecule has 0 radical (unpaired) electrons. The fourth-order valence-corrected chi connectivity index (χ4v) is 1.94. The number of hydrogen-bond donors (Lipinski definition) is 1. The summed E-state index contributed by atoms with van der Waals surface area (Å²) in [6.45, 7) is 10.6. The summed E-state index contributed by atoms with van der Waals surface area (Å²) in [6.07, 6.45) is 4.24. The predicted octanol–water partition coefficient (Wildman–Crippen LogP) is 2.83. The van der Waals surface area contributed by atoms with Gasteiger partial charge in [-0.3, -0.25) is 0 Å². The monoisotopic (exact) mass is 213 g/mol. The molecule has 1 fully saturated rings. The van der Waals surface area contributed by atoms with Gasteiger partial charge in [-0.15, -0.1) is 0 Å². The van der Waals surface area contributed by atoms with Crippen LogP contribution in [-0.4, -0.2) is 25.3 Å². The zero-order valence-electron chi connectivity index (χ0n) is 10.8. The van der Waals surface area contributed by atoms with E-state index in [0.29, 0.717) is 18.0 Å². The van der Waals surface area contributed by atoms with Gasteiger partial charge in [0.15, 0.2) is 0 Å². The van der Waals surface area contributed by atoms with E-state index in [9.17, 15) is 0 Å². The van der Waals surface area contributed by atoms with Crippen molar-refractivity contribution in [3.63, 3.8) is 0 Å². The molecule has 0 aromatic carbocycles. The first-order valence-corrected chi connectivity index (χ1v) is 6.41. The molecule has 0 heterocycles. The van der Waals surface area contributed by atoms with Gasteiger partial charge in [-0.25, -0.2) is 0 Å². The van der Waals surface area contributed by atoms with E-state index in [4.69, 9.17) is 4.74 Å². The van der Waals surface area contributed by atoms with Gasteiger partial charge >= 0.3 is 0 Å². The van der Waals surface area contributed by atoms with Gasteiger partial charge < -0.3 is 10.1 Å². The largest absolute Gasteiger partial charge is 0.380 e. The molecule has 1 aliphatic carbocycles. The van der Waals surface area contributed by atoms with Crippen LogP contribution < -0.4 is 5.32 Å². The van der Waals surface area contributed by atoms with Crippen LogP contribution in [0.4, 0.5) is 0 Å². The molecule has 2 heteroatoms. The Morgan fingerprint density at radius 1 is 1.07 bits per heavy atom. The van der Waals surface area contributed by atoms with Crippen LogP contribution in [0.5, 0.6) is 0 Å². The normalized spacial score (nSPS) is 20.6. The van der Waals surface area contributed by atoms with Crippen LogP contribution in [0.25, 0.3) is 0 Å². The molecule has 1 aliphatic rings. The highest BCUT2D eigenvalue weighted by Crippen LogP contribution is 2.33. The van der Waals surface area contributed by atoms with E-state index in [1.807, 2.05) is 0 Å². The SMILES string of the molecule is CC(C)COCC(C)NC(C)CC1CC1. The summed E-state index contributed by atoms with van der Waals surface area (Å²) in [5.41, 5.74) is 0. The van der Waals surface area contributed by atoms with E-state index in [-0.39, 0.29) is 0 Å². The molecule has 0 aliphatic heterocycles.